The van der Waals surface area contributed by atoms with Crippen LogP contribution < -0.4 is 10.6 Å². The molecule has 2 aliphatic carbocycles. The molecule has 0 bridgehead atoms. The number of benzene rings is 2. The van der Waals surface area contributed by atoms with Crippen molar-refractivity contribution in [3.63, 3.8) is 0 Å². The number of unbranched alkanes of at least 4 members (excludes halogenated alkanes) is 1. The molecule has 2 aromatic carbocycles. The molecule has 2 aromatic rings. The van der Waals surface area contributed by atoms with Crippen LogP contribution in [-0.2, 0) is 14.3 Å². The maximum absolute atomic E-state index is 12.8. The van der Waals surface area contributed by atoms with Gasteiger partial charge in [-0.05, 0) is 41.5 Å². The molecule has 34 heavy (non-hydrogen) atoms. The molecular weight excluding hydrogens is 432 g/mol. The van der Waals surface area contributed by atoms with Crippen molar-refractivity contribution in [1.82, 2.24) is 10.6 Å². The molecule has 3 atom stereocenters. The number of ether oxygens (including phenoxy) is 1. The second kappa shape index (κ2) is 10.7. The normalized spacial score (nSPS) is 19.7. The molecule has 0 aliphatic heterocycles. The maximum Gasteiger partial charge on any atom is 0.407 e. The van der Waals surface area contributed by atoms with Gasteiger partial charge in [-0.25, -0.2) is 9.59 Å². The van der Waals surface area contributed by atoms with E-state index in [2.05, 4.69) is 34.9 Å². The molecule has 7 heteroatoms. The fourth-order valence-corrected chi connectivity index (χ4v) is 5.18. The first-order valence-corrected chi connectivity index (χ1v) is 12.1. The average molecular weight is 465 g/mol. The fraction of sp³-hybridized carbons (Fsp3) is 0.444. The summed E-state index contributed by atoms with van der Waals surface area (Å²) in [7, 11) is 0. The van der Waals surface area contributed by atoms with Gasteiger partial charge in [-0.3, -0.25) is 4.79 Å². The predicted octanol–water partition coefficient (Wildman–Crippen LogP) is 4.45. The van der Waals surface area contributed by atoms with Crippen molar-refractivity contribution in [3.05, 3.63) is 59.7 Å². The molecule has 2 amide bonds. The second-order valence-electron chi connectivity index (χ2n) is 9.16. The summed E-state index contributed by atoms with van der Waals surface area (Å²) in [5, 5.41) is 14.9. The number of hydrogen-bond acceptors (Lipinski definition) is 4. The van der Waals surface area contributed by atoms with Crippen LogP contribution in [0.2, 0.25) is 0 Å². The van der Waals surface area contributed by atoms with E-state index < -0.39 is 24.0 Å². The van der Waals surface area contributed by atoms with Crippen LogP contribution >= 0.6 is 0 Å². The third kappa shape index (κ3) is 5.08. The number of carbonyl (C=O) groups excluding carboxylic acids is 2. The monoisotopic (exact) mass is 464 g/mol. The van der Waals surface area contributed by atoms with Crippen molar-refractivity contribution in [2.24, 2.45) is 5.92 Å². The van der Waals surface area contributed by atoms with Gasteiger partial charge in [0.05, 0.1) is 5.92 Å². The lowest BCUT2D eigenvalue weighted by molar-refractivity contribution is -0.142. The van der Waals surface area contributed by atoms with Gasteiger partial charge in [-0.2, -0.15) is 0 Å². The number of hydrogen-bond donors (Lipinski definition) is 3. The van der Waals surface area contributed by atoms with Crippen molar-refractivity contribution >= 4 is 18.0 Å². The summed E-state index contributed by atoms with van der Waals surface area (Å²) in [6.07, 6.45) is 3.49. The van der Waals surface area contributed by atoms with Crippen molar-refractivity contribution in [3.8, 4) is 11.1 Å². The van der Waals surface area contributed by atoms with E-state index in [0.717, 1.165) is 41.5 Å². The Morgan fingerprint density at radius 2 is 1.68 bits per heavy atom. The molecule has 0 aromatic heterocycles. The third-order valence-electron chi connectivity index (χ3n) is 6.96. The Hall–Kier alpha value is -3.35. The van der Waals surface area contributed by atoms with E-state index in [0.29, 0.717) is 19.3 Å². The number of aliphatic carboxylic acids is 1. The first kappa shape index (κ1) is 23.8. The van der Waals surface area contributed by atoms with Crippen LogP contribution in [0.15, 0.2) is 48.5 Å². The van der Waals surface area contributed by atoms with Gasteiger partial charge >= 0.3 is 12.1 Å². The third-order valence-corrected chi connectivity index (χ3v) is 6.96. The van der Waals surface area contributed by atoms with Crippen LogP contribution in [0.3, 0.4) is 0 Å². The summed E-state index contributed by atoms with van der Waals surface area (Å²) in [6, 6.07) is 15.0. The number of carbonyl (C=O) groups is 3. The number of fused-ring (bicyclic) bond motifs is 3. The Morgan fingerprint density at radius 1 is 1.03 bits per heavy atom. The number of nitrogens with one attached hydrogen (secondary N) is 2. The molecule has 0 saturated heterocycles. The quantitative estimate of drug-likeness (QED) is 0.508. The zero-order valence-electron chi connectivity index (χ0n) is 19.5. The number of carboxylic acid groups (broad SMARTS) is 1. The van der Waals surface area contributed by atoms with Crippen LogP contribution in [0, 0.1) is 5.92 Å². The Labute approximate surface area is 199 Å². The summed E-state index contributed by atoms with van der Waals surface area (Å²) in [5.74, 6) is -1.83. The highest BCUT2D eigenvalue weighted by Gasteiger charge is 2.36. The van der Waals surface area contributed by atoms with Crippen molar-refractivity contribution in [1.29, 1.82) is 0 Å². The van der Waals surface area contributed by atoms with Gasteiger partial charge in [0.15, 0.2) is 0 Å². The van der Waals surface area contributed by atoms with Crippen LogP contribution in [0.4, 0.5) is 4.79 Å². The minimum Gasteiger partial charge on any atom is -0.480 e. The molecular formula is C27H32N2O5. The summed E-state index contributed by atoms with van der Waals surface area (Å²) >= 11 is 0. The standard InChI is InChI=1S/C27H32N2O5/c1-2-3-14-24(26(31)32)28-25(30)21-13-8-15-23(21)29-27(33)34-16-22-19-11-6-4-9-17(19)18-10-5-7-12-20(18)22/h4-7,9-12,21-24H,2-3,8,13-16H2,1H3,(H,28,30)(H,29,33)(H,31,32)/t21-,23+,24-/m0/s1. The zero-order chi connectivity index (χ0) is 24.1. The van der Waals surface area contributed by atoms with Crippen LogP contribution in [0.25, 0.3) is 11.1 Å². The molecule has 2 aliphatic rings. The minimum absolute atomic E-state index is 0.0317. The molecule has 180 valence electrons. The molecule has 0 heterocycles. The van der Waals surface area contributed by atoms with Crippen LogP contribution in [-0.4, -0.2) is 41.8 Å². The lowest BCUT2D eigenvalue weighted by Gasteiger charge is -2.23. The van der Waals surface area contributed by atoms with Gasteiger partial charge in [-0.1, -0.05) is 74.7 Å². The number of amides is 2. The summed E-state index contributed by atoms with van der Waals surface area (Å²) in [4.78, 5) is 36.9. The first-order chi connectivity index (χ1) is 16.5. The van der Waals surface area contributed by atoms with Crippen LogP contribution in [0.5, 0.6) is 0 Å². The maximum atomic E-state index is 12.8. The molecule has 0 unspecified atom stereocenters. The molecule has 0 spiro atoms. The highest BCUT2D eigenvalue weighted by molar-refractivity contribution is 5.86. The zero-order valence-corrected chi connectivity index (χ0v) is 19.5. The number of rotatable bonds is 9. The average Bonchev–Trinajstić information content (AvgIpc) is 3.42. The second-order valence-corrected chi connectivity index (χ2v) is 9.16. The largest absolute Gasteiger partial charge is 0.480 e. The Bertz CT molecular complexity index is 1010. The molecule has 7 nitrogen and oxygen atoms in total. The molecule has 1 fully saturated rings. The van der Waals surface area contributed by atoms with E-state index in [-0.39, 0.29) is 24.5 Å². The van der Waals surface area contributed by atoms with Crippen molar-refractivity contribution < 1.29 is 24.2 Å². The highest BCUT2D eigenvalue weighted by Crippen LogP contribution is 2.44. The molecule has 3 N–H and O–H groups in total. The van der Waals surface area contributed by atoms with E-state index >= 15 is 0 Å². The summed E-state index contributed by atoms with van der Waals surface area (Å²) in [5.41, 5.74) is 4.61. The Morgan fingerprint density at radius 3 is 2.29 bits per heavy atom. The Kier molecular flexibility index (Phi) is 7.50. The van der Waals surface area contributed by atoms with Gasteiger partial charge in [0.25, 0.3) is 0 Å². The van der Waals surface area contributed by atoms with E-state index in [1.807, 2.05) is 31.2 Å². The highest BCUT2D eigenvalue weighted by atomic mass is 16.5. The van der Waals surface area contributed by atoms with Gasteiger partial charge in [0.1, 0.15) is 12.6 Å². The molecule has 0 radical (unpaired) electrons. The molecule has 4 rings (SSSR count). The van der Waals surface area contributed by atoms with Gasteiger partial charge in [0.2, 0.25) is 5.91 Å². The Balaban J connectivity index is 1.35. The van der Waals surface area contributed by atoms with E-state index in [1.54, 1.807) is 0 Å². The minimum atomic E-state index is -1.03. The number of carboxylic acids is 1. The van der Waals surface area contributed by atoms with Gasteiger partial charge in [-0.15, -0.1) is 0 Å². The fourth-order valence-electron chi connectivity index (χ4n) is 5.18. The summed E-state index contributed by atoms with van der Waals surface area (Å²) < 4.78 is 5.63. The topological polar surface area (TPSA) is 105 Å². The van der Waals surface area contributed by atoms with Crippen molar-refractivity contribution in [2.45, 2.75) is 63.5 Å². The van der Waals surface area contributed by atoms with E-state index in [4.69, 9.17) is 4.74 Å². The predicted molar refractivity (Wildman–Crippen MR) is 128 cm³/mol. The lowest BCUT2D eigenvalue weighted by atomic mass is 9.98. The SMILES string of the molecule is CCCC[C@H](NC(=O)[C@H]1CCC[C@H]1NC(=O)OCC1c2ccccc2-c2ccccc21)C(=O)O. The van der Waals surface area contributed by atoms with Crippen LogP contribution in [0.1, 0.15) is 62.5 Å². The summed E-state index contributed by atoms with van der Waals surface area (Å²) in [6.45, 7) is 2.19. The first-order valence-electron chi connectivity index (χ1n) is 12.1. The van der Waals surface area contributed by atoms with Gasteiger partial charge in [0, 0.05) is 12.0 Å². The van der Waals surface area contributed by atoms with Crippen molar-refractivity contribution in [2.75, 3.05) is 6.61 Å². The molecule has 1 saturated carbocycles. The van der Waals surface area contributed by atoms with E-state index in [9.17, 15) is 19.5 Å². The number of alkyl carbamates (subject to hydrolysis) is 1. The van der Waals surface area contributed by atoms with Gasteiger partial charge < -0.3 is 20.5 Å². The van der Waals surface area contributed by atoms with E-state index in [1.165, 1.54) is 0 Å². The smallest absolute Gasteiger partial charge is 0.407 e. The lowest BCUT2D eigenvalue weighted by Crippen LogP contribution is -2.48.